The topological polar surface area (TPSA) is 72.5 Å². The van der Waals surface area contributed by atoms with Gasteiger partial charge in [0.15, 0.2) is 11.5 Å². The molecule has 0 bridgehead atoms. The van der Waals surface area contributed by atoms with E-state index in [4.69, 9.17) is 9.47 Å². The fourth-order valence-electron chi connectivity index (χ4n) is 2.62. The second kappa shape index (κ2) is 8.40. The lowest BCUT2D eigenvalue weighted by Gasteiger charge is -2.13. The quantitative estimate of drug-likeness (QED) is 0.694. The smallest absolute Gasteiger partial charge is 0.221 e. The SMILES string of the molecule is COc1cc2nccc(Nc3cccc(NC(C)=O)c3)c2cc1OC.Cl. The molecule has 3 rings (SSSR count). The van der Waals surface area contributed by atoms with Crippen molar-refractivity contribution in [2.24, 2.45) is 0 Å². The van der Waals surface area contributed by atoms with Gasteiger partial charge in [0.2, 0.25) is 5.91 Å². The van der Waals surface area contributed by atoms with E-state index < -0.39 is 0 Å². The van der Waals surface area contributed by atoms with Crippen LogP contribution in [0.5, 0.6) is 11.5 Å². The average molecular weight is 374 g/mol. The number of pyridine rings is 1. The predicted molar refractivity (Wildman–Crippen MR) is 106 cm³/mol. The zero-order valence-electron chi connectivity index (χ0n) is 14.7. The number of hydrogen-bond donors (Lipinski definition) is 2. The number of amides is 1. The van der Waals surface area contributed by atoms with E-state index >= 15 is 0 Å². The van der Waals surface area contributed by atoms with E-state index in [1.807, 2.05) is 42.5 Å². The molecule has 26 heavy (non-hydrogen) atoms. The van der Waals surface area contributed by atoms with Gasteiger partial charge in [0, 0.05) is 41.6 Å². The first-order chi connectivity index (χ1) is 12.1. The van der Waals surface area contributed by atoms with E-state index in [0.717, 1.165) is 28.0 Å². The van der Waals surface area contributed by atoms with E-state index in [1.165, 1.54) is 6.92 Å². The van der Waals surface area contributed by atoms with Crippen LogP contribution in [0.3, 0.4) is 0 Å². The zero-order valence-corrected chi connectivity index (χ0v) is 15.5. The molecular weight excluding hydrogens is 354 g/mol. The largest absolute Gasteiger partial charge is 0.493 e. The molecule has 136 valence electrons. The van der Waals surface area contributed by atoms with Crippen molar-refractivity contribution in [1.82, 2.24) is 4.98 Å². The Bertz CT molecular complexity index is 931. The number of carbonyl (C=O) groups excluding carboxylic acids is 1. The summed E-state index contributed by atoms with van der Waals surface area (Å²) in [6.45, 7) is 1.48. The van der Waals surface area contributed by atoms with Crippen LogP contribution in [0.4, 0.5) is 17.1 Å². The van der Waals surface area contributed by atoms with Crippen LogP contribution in [0.2, 0.25) is 0 Å². The number of carbonyl (C=O) groups is 1. The number of hydrogen-bond acceptors (Lipinski definition) is 5. The Labute approximate surface area is 157 Å². The maximum absolute atomic E-state index is 11.2. The first kappa shape index (κ1) is 19.3. The van der Waals surface area contributed by atoms with Crippen molar-refractivity contribution >= 4 is 46.3 Å². The molecule has 2 N–H and O–H groups in total. The van der Waals surface area contributed by atoms with Crippen LogP contribution in [-0.4, -0.2) is 25.1 Å². The third kappa shape index (κ3) is 4.15. The van der Waals surface area contributed by atoms with Crippen LogP contribution >= 0.6 is 12.4 Å². The molecule has 6 nitrogen and oxygen atoms in total. The minimum Gasteiger partial charge on any atom is -0.493 e. The van der Waals surface area contributed by atoms with Gasteiger partial charge in [0.25, 0.3) is 0 Å². The second-order valence-corrected chi connectivity index (χ2v) is 5.47. The Morgan fingerprint density at radius 2 is 1.69 bits per heavy atom. The molecule has 1 amide bonds. The number of fused-ring (bicyclic) bond motifs is 1. The van der Waals surface area contributed by atoms with Crippen molar-refractivity contribution in [1.29, 1.82) is 0 Å². The van der Waals surface area contributed by atoms with Crippen molar-refractivity contribution in [3.05, 3.63) is 48.7 Å². The molecule has 0 atom stereocenters. The lowest BCUT2D eigenvalue weighted by molar-refractivity contribution is -0.114. The van der Waals surface area contributed by atoms with Crippen molar-refractivity contribution < 1.29 is 14.3 Å². The highest BCUT2D eigenvalue weighted by molar-refractivity contribution is 5.95. The van der Waals surface area contributed by atoms with E-state index in [0.29, 0.717) is 11.5 Å². The summed E-state index contributed by atoms with van der Waals surface area (Å²) in [5.74, 6) is 1.16. The molecule has 1 aromatic heterocycles. The minimum atomic E-state index is -0.108. The van der Waals surface area contributed by atoms with Crippen molar-refractivity contribution in [2.45, 2.75) is 6.92 Å². The molecule has 0 aliphatic rings. The lowest BCUT2D eigenvalue weighted by Crippen LogP contribution is -2.05. The van der Waals surface area contributed by atoms with Gasteiger partial charge in [-0.1, -0.05) is 6.07 Å². The maximum atomic E-state index is 11.2. The number of ether oxygens (including phenoxy) is 2. The fraction of sp³-hybridized carbons (Fsp3) is 0.158. The summed E-state index contributed by atoms with van der Waals surface area (Å²) in [7, 11) is 3.20. The number of nitrogens with zero attached hydrogens (tertiary/aromatic N) is 1. The van der Waals surface area contributed by atoms with Crippen LogP contribution in [0.25, 0.3) is 10.9 Å². The molecule has 2 aromatic carbocycles. The van der Waals surface area contributed by atoms with Crippen molar-refractivity contribution in [3.63, 3.8) is 0 Å². The number of methoxy groups -OCH3 is 2. The number of benzene rings is 2. The number of aromatic nitrogens is 1. The van der Waals surface area contributed by atoms with Gasteiger partial charge in [-0.2, -0.15) is 0 Å². The van der Waals surface area contributed by atoms with Gasteiger partial charge < -0.3 is 20.1 Å². The Balaban J connectivity index is 0.00000243. The third-order valence-electron chi connectivity index (χ3n) is 3.71. The minimum absolute atomic E-state index is 0. The Hall–Kier alpha value is -2.99. The molecule has 0 saturated carbocycles. The summed E-state index contributed by atoms with van der Waals surface area (Å²) in [6, 6.07) is 13.1. The highest BCUT2D eigenvalue weighted by atomic mass is 35.5. The van der Waals surface area contributed by atoms with Gasteiger partial charge in [-0.05, 0) is 30.3 Å². The highest BCUT2D eigenvalue weighted by Crippen LogP contribution is 2.35. The second-order valence-electron chi connectivity index (χ2n) is 5.47. The Kier molecular flexibility index (Phi) is 6.25. The Morgan fingerprint density at radius 3 is 2.38 bits per heavy atom. The van der Waals surface area contributed by atoms with Gasteiger partial charge in [0.05, 0.1) is 19.7 Å². The van der Waals surface area contributed by atoms with Crippen LogP contribution in [0.1, 0.15) is 6.92 Å². The summed E-state index contributed by atoms with van der Waals surface area (Å²) < 4.78 is 10.7. The average Bonchev–Trinajstić information content (AvgIpc) is 2.60. The van der Waals surface area contributed by atoms with Crippen LogP contribution in [-0.2, 0) is 4.79 Å². The van der Waals surface area contributed by atoms with Gasteiger partial charge in [-0.25, -0.2) is 0 Å². The molecule has 0 radical (unpaired) electrons. The number of rotatable bonds is 5. The van der Waals surface area contributed by atoms with Crippen LogP contribution in [0.15, 0.2) is 48.7 Å². The molecule has 3 aromatic rings. The summed E-state index contributed by atoms with van der Waals surface area (Å²) in [4.78, 5) is 15.6. The summed E-state index contributed by atoms with van der Waals surface area (Å²) in [5.41, 5.74) is 3.26. The predicted octanol–water partition coefficient (Wildman–Crippen LogP) is 4.38. The van der Waals surface area contributed by atoms with Gasteiger partial charge in [-0.15, -0.1) is 12.4 Å². The fourth-order valence-corrected chi connectivity index (χ4v) is 2.62. The van der Waals surface area contributed by atoms with E-state index in [9.17, 15) is 4.79 Å². The Morgan fingerprint density at radius 1 is 1.00 bits per heavy atom. The molecule has 7 heteroatoms. The van der Waals surface area contributed by atoms with Crippen LogP contribution < -0.4 is 20.1 Å². The number of halogens is 1. The normalized spacial score (nSPS) is 9.96. The molecule has 0 aliphatic carbocycles. The van der Waals surface area contributed by atoms with Gasteiger partial charge in [0.1, 0.15) is 0 Å². The number of anilines is 3. The number of nitrogens with one attached hydrogen (secondary N) is 2. The maximum Gasteiger partial charge on any atom is 0.221 e. The standard InChI is InChI=1S/C19H19N3O3.ClH/c1-12(23)21-13-5-4-6-14(9-13)22-16-7-8-20-17-11-19(25-3)18(24-2)10-15(16)17;/h4-11H,1-3H3,(H,20,22)(H,21,23);1H. The summed E-state index contributed by atoms with van der Waals surface area (Å²) in [6.07, 6.45) is 1.73. The van der Waals surface area contributed by atoms with Crippen molar-refractivity contribution in [2.75, 3.05) is 24.9 Å². The first-order valence-electron chi connectivity index (χ1n) is 7.76. The summed E-state index contributed by atoms with van der Waals surface area (Å²) >= 11 is 0. The molecule has 0 aliphatic heterocycles. The van der Waals surface area contributed by atoms with E-state index in [2.05, 4.69) is 15.6 Å². The molecule has 0 spiro atoms. The first-order valence-corrected chi connectivity index (χ1v) is 7.76. The van der Waals surface area contributed by atoms with Crippen LogP contribution in [0, 0.1) is 0 Å². The molecule has 0 saturated heterocycles. The monoisotopic (exact) mass is 373 g/mol. The molecule has 1 heterocycles. The van der Waals surface area contributed by atoms with Crippen molar-refractivity contribution in [3.8, 4) is 11.5 Å². The molecular formula is C19H20ClN3O3. The van der Waals surface area contributed by atoms with E-state index in [1.54, 1.807) is 20.4 Å². The van der Waals surface area contributed by atoms with Gasteiger partial charge >= 0.3 is 0 Å². The van der Waals surface area contributed by atoms with E-state index in [-0.39, 0.29) is 18.3 Å². The lowest BCUT2D eigenvalue weighted by atomic mass is 10.1. The summed E-state index contributed by atoms with van der Waals surface area (Å²) in [5, 5.41) is 7.04. The molecule has 0 unspecified atom stereocenters. The highest BCUT2D eigenvalue weighted by Gasteiger charge is 2.10. The molecule has 0 fully saturated rings. The zero-order chi connectivity index (χ0) is 17.8. The van der Waals surface area contributed by atoms with Gasteiger partial charge in [-0.3, -0.25) is 9.78 Å². The third-order valence-corrected chi connectivity index (χ3v) is 3.71.